The highest BCUT2D eigenvalue weighted by Crippen LogP contribution is 2.27. The highest BCUT2D eigenvalue weighted by atomic mass is 15.3. The van der Waals surface area contributed by atoms with Crippen molar-refractivity contribution in [2.75, 3.05) is 29.0 Å². The number of nitrogens with two attached hydrogens (primary N) is 1. The SMILES string of the molecule is CCN(CC)c1nc(N)nc(NC2CCCC2C)n1. The van der Waals surface area contributed by atoms with Crippen LogP contribution in [0.5, 0.6) is 0 Å². The van der Waals surface area contributed by atoms with Crippen molar-refractivity contribution in [1.29, 1.82) is 0 Å². The van der Waals surface area contributed by atoms with Gasteiger partial charge >= 0.3 is 0 Å². The molecule has 1 aromatic heterocycles. The Hall–Kier alpha value is -1.59. The van der Waals surface area contributed by atoms with Crippen LogP contribution >= 0.6 is 0 Å². The molecule has 2 rings (SSSR count). The molecule has 0 radical (unpaired) electrons. The van der Waals surface area contributed by atoms with Crippen LogP contribution in [0.3, 0.4) is 0 Å². The molecule has 6 heteroatoms. The highest BCUT2D eigenvalue weighted by molar-refractivity contribution is 5.42. The second-order valence-electron chi connectivity index (χ2n) is 5.15. The minimum Gasteiger partial charge on any atom is -0.368 e. The van der Waals surface area contributed by atoms with E-state index >= 15 is 0 Å². The first kappa shape index (κ1) is 13.8. The quantitative estimate of drug-likeness (QED) is 0.845. The molecule has 1 aliphatic rings. The molecule has 2 atom stereocenters. The van der Waals surface area contributed by atoms with E-state index in [0.717, 1.165) is 13.1 Å². The number of anilines is 3. The summed E-state index contributed by atoms with van der Waals surface area (Å²) in [4.78, 5) is 15.0. The zero-order chi connectivity index (χ0) is 13.8. The van der Waals surface area contributed by atoms with Gasteiger partial charge in [-0.3, -0.25) is 0 Å². The van der Waals surface area contributed by atoms with Crippen molar-refractivity contribution < 1.29 is 0 Å². The van der Waals surface area contributed by atoms with Crippen LogP contribution in [-0.2, 0) is 0 Å². The Morgan fingerprint density at radius 3 is 2.53 bits per heavy atom. The molecular formula is C13H24N6. The Labute approximate surface area is 114 Å². The van der Waals surface area contributed by atoms with Crippen LogP contribution in [-0.4, -0.2) is 34.1 Å². The van der Waals surface area contributed by atoms with Crippen LogP contribution in [0.25, 0.3) is 0 Å². The van der Waals surface area contributed by atoms with E-state index in [4.69, 9.17) is 5.73 Å². The smallest absolute Gasteiger partial charge is 0.231 e. The molecule has 0 amide bonds. The maximum Gasteiger partial charge on any atom is 0.231 e. The van der Waals surface area contributed by atoms with E-state index in [1.807, 2.05) is 0 Å². The lowest BCUT2D eigenvalue weighted by Gasteiger charge is -2.21. The second-order valence-corrected chi connectivity index (χ2v) is 5.15. The lowest BCUT2D eigenvalue weighted by atomic mass is 10.1. The molecule has 0 saturated heterocycles. The lowest BCUT2D eigenvalue weighted by molar-refractivity contribution is 0.552. The summed E-state index contributed by atoms with van der Waals surface area (Å²) in [5.74, 6) is 2.21. The Kier molecular flexibility index (Phi) is 4.39. The van der Waals surface area contributed by atoms with Crippen molar-refractivity contribution >= 4 is 17.8 Å². The Morgan fingerprint density at radius 1 is 1.21 bits per heavy atom. The standard InChI is InChI=1S/C13H24N6/c1-4-19(5-2)13-17-11(14)16-12(18-13)15-10-8-6-7-9(10)3/h9-10H,4-8H2,1-3H3,(H3,14,15,16,17,18). The van der Waals surface area contributed by atoms with Crippen molar-refractivity contribution in [2.24, 2.45) is 5.92 Å². The van der Waals surface area contributed by atoms with Crippen molar-refractivity contribution in [3.8, 4) is 0 Å². The van der Waals surface area contributed by atoms with Gasteiger partial charge in [-0.15, -0.1) is 0 Å². The highest BCUT2D eigenvalue weighted by Gasteiger charge is 2.24. The van der Waals surface area contributed by atoms with Gasteiger partial charge in [-0.2, -0.15) is 15.0 Å². The summed E-state index contributed by atoms with van der Waals surface area (Å²) in [5.41, 5.74) is 5.79. The first-order chi connectivity index (χ1) is 9.13. The largest absolute Gasteiger partial charge is 0.368 e. The van der Waals surface area contributed by atoms with Crippen LogP contribution in [0.1, 0.15) is 40.0 Å². The predicted molar refractivity (Wildman–Crippen MR) is 78.2 cm³/mol. The molecule has 6 nitrogen and oxygen atoms in total. The number of nitrogens with one attached hydrogen (secondary N) is 1. The average Bonchev–Trinajstić information content (AvgIpc) is 2.76. The zero-order valence-electron chi connectivity index (χ0n) is 12.1. The minimum absolute atomic E-state index is 0.282. The van der Waals surface area contributed by atoms with E-state index in [2.05, 4.69) is 45.9 Å². The van der Waals surface area contributed by atoms with Gasteiger partial charge in [-0.1, -0.05) is 13.3 Å². The van der Waals surface area contributed by atoms with Crippen molar-refractivity contribution in [1.82, 2.24) is 15.0 Å². The summed E-state index contributed by atoms with van der Waals surface area (Å²) in [7, 11) is 0. The third-order valence-corrected chi connectivity index (χ3v) is 3.86. The first-order valence-corrected chi connectivity index (χ1v) is 7.17. The van der Waals surface area contributed by atoms with Gasteiger partial charge in [0.05, 0.1) is 0 Å². The van der Waals surface area contributed by atoms with Gasteiger partial charge in [0.15, 0.2) is 0 Å². The molecule has 2 unspecified atom stereocenters. The number of nitrogen functional groups attached to an aromatic ring is 1. The van der Waals surface area contributed by atoms with Crippen LogP contribution in [0.15, 0.2) is 0 Å². The van der Waals surface area contributed by atoms with E-state index in [1.54, 1.807) is 0 Å². The second kappa shape index (κ2) is 6.04. The summed E-state index contributed by atoms with van der Waals surface area (Å²) in [5, 5.41) is 3.41. The Bertz CT molecular complexity index is 418. The molecule has 1 aromatic rings. The first-order valence-electron chi connectivity index (χ1n) is 7.17. The van der Waals surface area contributed by atoms with Crippen molar-refractivity contribution in [3.63, 3.8) is 0 Å². The summed E-state index contributed by atoms with van der Waals surface area (Å²) < 4.78 is 0. The number of hydrogen-bond donors (Lipinski definition) is 2. The van der Waals surface area contributed by atoms with E-state index in [1.165, 1.54) is 19.3 Å². The van der Waals surface area contributed by atoms with Gasteiger partial charge in [0.1, 0.15) is 0 Å². The Balaban J connectivity index is 2.16. The van der Waals surface area contributed by atoms with Gasteiger partial charge < -0.3 is 16.0 Å². The molecule has 0 aromatic carbocycles. The van der Waals surface area contributed by atoms with Crippen molar-refractivity contribution in [3.05, 3.63) is 0 Å². The monoisotopic (exact) mass is 264 g/mol. The molecular weight excluding hydrogens is 240 g/mol. The molecule has 1 saturated carbocycles. The molecule has 1 heterocycles. The van der Waals surface area contributed by atoms with E-state index < -0.39 is 0 Å². The van der Waals surface area contributed by atoms with Crippen molar-refractivity contribution in [2.45, 2.75) is 46.1 Å². The van der Waals surface area contributed by atoms with Crippen LogP contribution in [0, 0.1) is 5.92 Å². The van der Waals surface area contributed by atoms with Gasteiger partial charge in [0, 0.05) is 19.1 Å². The fourth-order valence-corrected chi connectivity index (χ4v) is 2.62. The average molecular weight is 264 g/mol. The topological polar surface area (TPSA) is 80.0 Å². The predicted octanol–water partition coefficient (Wildman–Crippen LogP) is 1.90. The molecule has 0 aliphatic heterocycles. The minimum atomic E-state index is 0.282. The van der Waals surface area contributed by atoms with E-state index in [-0.39, 0.29) is 5.95 Å². The molecule has 1 fully saturated rings. The molecule has 19 heavy (non-hydrogen) atoms. The maximum atomic E-state index is 5.79. The van der Waals surface area contributed by atoms with Crippen LogP contribution in [0.4, 0.5) is 17.8 Å². The van der Waals surface area contributed by atoms with E-state index in [0.29, 0.717) is 23.9 Å². The van der Waals surface area contributed by atoms with E-state index in [9.17, 15) is 0 Å². The molecule has 106 valence electrons. The molecule has 0 spiro atoms. The normalized spacial score (nSPS) is 22.5. The number of hydrogen-bond acceptors (Lipinski definition) is 6. The Morgan fingerprint density at radius 2 is 1.95 bits per heavy atom. The van der Waals surface area contributed by atoms with Crippen LogP contribution < -0.4 is 16.0 Å². The van der Waals surface area contributed by atoms with Gasteiger partial charge in [0.25, 0.3) is 0 Å². The third kappa shape index (κ3) is 3.24. The van der Waals surface area contributed by atoms with Gasteiger partial charge in [0.2, 0.25) is 17.8 Å². The van der Waals surface area contributed by atoms with Gasteiger partial charge in [-0.25, -0.2) is 0 Å². The fourth-order valence-electron chi connectivity index (χ4n) is 2.62. The maximum absolute atomic E-state index is 5.79. The summed E-state index contributed by atoms with van der Waals surface area (Å²) in [6.45, 7) is 8.14. The number of nitrogens with zero attached hydrogens (tertiary/aromatic N) is 4. The summed E-state index contributed by atoms with van der Waals surface area (Å²) in [6, 6.07) is 0.450. The zero-order valence-corrected chi connectivity index (χ0v) is 12.1. The fraction of sp³-hybridized carbons (Fsp3) is 0.769. The molecule has 0 bridgehead atoms. The van der Waals surface area contributed by atoms with Gasteiger partial charge in [-0.05, 0) is 32.6 Å². The van der Waals surface area contributed by atoms with Crippen LogP contribution in [0.2, 0.25) is 0 Å². The summed E-state index contributed by atoms with van der Waals surface area (Å²) >= 11 is 0. The molecule has 1 aliphatic carbocycles. The third-order valence-electron chi connectivity index (χ3n) is 3.86. The lowest BCUT2D eigenvalue weighted by Crippen LogP contribution is -2.27. The number of rotatable bonds is 5. The summed E-state index contributed by atoms with van der Waals surface area (Å²) in [6.07, 6.45) is 3.71. The molecule has 3 N–H and O–H groups in total. The number of aromatic nitrogens is 3.